The van der Waals surface area contributed by atoms with Crippen molar-refractivity contribution in [3.63, 3.8) is 0 Å². The van der Waals surface area contributed by atoms with Crippen molar-refractivity contribution in [3.05, 3.63) is 27.8 Å². The van der Waals surface area contributed by atoms with Gasteiger partial charge in [-0.2, -0.15) is 0 Å². The highest BCUT2D eigenvalue weighted by Crippen LogP contribution is 2.24. The van der Waals surface area contributed by atoms with Crippen molar-refractivity contribution in [2.75, 3.05) is 11.1 Å². The van der Waals surface area contributed by atoms with E-state index in [4.69, 9.17) is 0 Å². The van der Waals surface area contributed by atoms with Crippen LogP contribution in [0.3, 0.4) is 0 Å². The molecular formula is C12H15IN2S. The van der Waals surface area contributed by atoms with Crippen molar-refractivity contribution < 1.29 is 0 Å². The summed E-state index contributed by atoms with van der Waals surface area (Å²) in [6.45, 7) is 4.45. The summed E-state index contributed by atoms with van der Waals surface area (Å²) >= 11 is 4.14. The zero-order valence-corrected chi connectivity index (χ0v) is 12.4. The average Bonchev–Trinajstić information content (AvgIpc) is 2.66. The molecule has 4 heteroatoms. The summed E-state index contributed by atoms with van der Waals surface area (Å²) in [6, 6.07) is 8.83. The lowest BCUT2D eigenvalue weighted by atomic mass is 10.1. The molecule has 1 unspecified atom stereocenters. The van der Waals surface area contributed by atoms with Gasteiger partial charge < -0.3 is 5.32 Å². The highest BCUT2D eigenvalue weighted by Gasteiger charge is 2.20. The van der Waals surface area contributed by atoms with Crippen molar-refractivity contribution >= 4 is 45.2 Å². The fourth-order valence-electron chi connectivity index (χ4n) is 1.49. The van der Waals surface area contributed by atoms with Gasteiger partial charge >= 0.3 is 0 Å². The van der Waals surface area contributed by atoms with E-state index in [2.05, 4.69) is 71.0 Å². The third-order valence-corrected chi connectivity index (χ3v) is 4.18. The molecule has 1 aromatic carbocycles. The zero-order valence-electron chi connectivity index (χ0n) is 9.40. The molecule has 1 heterocycles. The van der Waals surface area contributed by atoms with E-state index in [0.29, 0.717) is 12.0 Å². The molecule has 2 rings (SSSR count). The van der Waals surface area contributed by atoms with E-state index in [1.165, 1.54) is 3.57 Å². The van der Waals surface area contributed by atoms with Crippen molar-refractivity contribution in [3.8, 4) is 0 Å². The number of hydrogen-bond donors (Lipinski definition) is 1. The smallest absolute Gasteiger partial charge is 0.161 e. The van der Waals surface area contributed by atoms with E-state index in [1.807, 2.05) is 11.8 Å². The quantitative estimate of drug-likeness (QED) is 0.823. The predicted octanol–water partition coefficient (Wildman–Crippen LogP) is 3.83. The van der Waals surface area contributed by atoms with Crippen molar-refractivity contribution in [1.29, 1.82) is 0 Å². The second kappa shape index (κ2) is 5.40. The molecule has 2 nitrogen and oxygen atoms in total. The number of amidine groups is 1. The van der Waals surface area contributed by atoms with E-state index in [0.717, 1.165) is 16.6 Å². The Morgan fingerprint density at radius 2 is 2.31 bits per heavy atom. The first kappa shape index (κ1) is 12.2. The Morgan fingerprint density at radius 3 is 2.94 bits per heavy atom. The number of nitrogens with zero attached hydrogens (tertiary/aromatic N) is 1. The van der Waals surface area contributed by atoms with Gasteiger partial charge in [0.25, 0.3) is 0 Å². The number of thioether (sulfide) groups is 1. The Labute approximate surface area is 114 Å². The van der Waals surface area contributed by atoms with Gasteiger partial charge in [0, 0.05) is 15.0 Å². The minimum atomic E-state index is 0.468. The summed E-state index contributed by atoms with van der Waals surface area (Å²) in [6.07, 6.45) is 0. The fraction of sp³-hybridized carbons (Fsp3) is 0.417. The fourth-order valence-corrected chi connectivity index (χ4v) is 3.22. The SMILES string of the molecule is CC(C)C1CSC(Nc2cccc(I)c2)=N1. The molecule has 1 N–H and O–H groups in total. The third kappa shape index (κ3) is 3.13. The Morgan fingerprint density at radius 1 is 1.50 bits per heavy atom. The van der Waals surface area contributed by atoms with Crippen LogP contribution in [0.15, 0.2) is 29.3 Å². The predicted molar refractivity (Wildman–Crippen MR) is 81.3 cm³/mol. The summed E-state index contributed by atoms with van der Waals surface area (Å²) in [5, 5.41) is 4.43. The van der Waals surface area contributed by atoms with Gasteiger partial charge in [-0.1, -0.05) is 31.7 Å². The first-order chi connectivity index (χ1) is 7.65. The van der Waals surface area contributed by atoms with Crippen LogP contribution < -0.4 is 5.32 Å². The van der Waals surface area contributed by atoms with E-state index < -0.39 is 0 Å². The van der Waals surface area contributed by atoms with Crippen molar-refractivity contribution in [2.45, 2.75) is 19.9 Å². The van der Waals surface area contributed by atoms with Gasteiger partial charge in [-0.15, -0.1) is 0 Å². The Bertz CT molecular complexity index is 404. The van der Waals surface area contributed by atoms with Crippen molar-refractivity contribution in [1.82, 2.24) is 0 Å². The number of nitrogens with one attached hydrogen (secondary N) is 1. The molecule has 0 bridgehead atoms. The maximum atomic E-state index is 4.68. The topological polar surface area (TPSA) is 24.4 Å². The lowest BCUT2D eigenvalue weighted by molar-refractivity contribution is 0.543. The summed E-state index contributed by atoms with van der Waals surface area (Å²) in [4.78, 5) is 4.68. The van der Waals surface area contributed by atoms with Gasteiger partial charge in [0.2, 0.25) is 0 Å². The summed E-state index contributed by atoms with van der Waals surface area (Å²) in [7, 11) is 0. The summed E-state index contributed by atoms with van der Waals surface area (Å²) in [5.74, 6) is 1.73. The van der Waals surface area contributed by atoms with Crippen LogP contribution >= 0.6 is 34.4 Å². The third-order valence-electron chi connectivity index (χ3n) is 2.52. The summed E-state index contributed by atoms with van der Waals surface area (Å²) in [5.41, 5.74) is 1.13. The first-order valence-corrected chi connectivity index (χ1v) is 7.45. The van der Waals surface area contributed by atoms with E-state index in [-0.39, 0.29) is 0 Å². The molecule has 1 aliphatic rings. The van der Waals surface area contributed by atoms with Gasteiger partial charge in [0.15, 0.2) is 5.17 Å². The lowest BCUT2D eigenvalue weighted by Crippen LogP contribution is -2.12. The van der Waals surface area contributed by atoms with Crippen LogP contribution in [-0.2, 0) is 0 Å². The Kier molecular flexibility index (Phi) is 4.13. The van der Waals surface area contributed by atoms with Gasteiger partial charge in [-0.25, -0.2) is 0 Å². The standard InChI is InChI=1S/C12H15IN2S/c1-8(2)11-7-16-12(15-11)14-10-5-3-4-9(13)6-10/h3-6,8,11H,7H2,1-2H3,(H,14,15). The van der Waals surface area contributed by atoms with Gasteiger partial charge in [-0.05, 0) is 46.7 Å². The minimum Gasteiger partial charge on any atom is -0.335 e. The Hall–Kier alpha value is -0.230. The Balaban J connectivity index is 2.03. The molecule has 16 heavy (non-hydrogen) atoms. The van der Waals surface area contributed by atoms with Crippen LogP contribution in [-0.4, -0.2) is 17.0 Å². The minimum absolute atomic E-state index is 0.468. The monoisotopic (exact) mass is 346 g/mol. The van der Waals surface area contributed by atoms with Crippen LogP contribution in [0.4, 0.5) is 5.69 Å². The molecule has 0 radical (unpaired) electrons. The second-order valence-corrected chi connectivity index (χ2v) is 6.45. The number of benzene rings is 1. The van der Waals surface area contributed by atoms with Crippen LogP contribution in [0.1, 0.15) is 13.8 Å². The number of anilines is 1. The molecule has 0 saturated heterocycles. The van der Waals surface area contributed by atoms with E-state index in [9.17, 15) is 0 Å². The number of hydrogen-bond acceptors (Lipinski definition) is 3. The average molecular weight is 346 g/mol. The number of aliphatic imine (C=N–C) groups is 1. The van der Waals surface area contributed by atoms with Crippen molar-refractivity contribution in [2.24, 2.45) is 10.9 Å². The number of rotatable bonds is 2. The maximum absolute atomic E-state index is 4.68. The van der Waals surface area contributed by atoms with E-state index >= 15 is 0 Å². The molecule has 0 fully saturated rings. The molecule has 0 saturated carbocycles. The second-order valence-electron chi connectivity index (χ2n) is 4.19. The van der Waals surface area contributed by atoms with Gasteiger partial charge in [0.1, 0.15) is 0 Å². The highest BCUT2D eigenvalue weighted by atomic mass is 127. The molecule has 1 aliphatic heterocycles. The number of halogens is 1. The van der Waals surface area contributed by atoms with Crippen LogP contribution in [0.25, 0.3) is 0 Å². The molecule has 1 aromatic rings. The molecule has 0 aliphatic carbocycles. The first-order valence-electron chi connectivity index (χ1n) is 5.38. The molecule has 0 aromatic heterocycles. The maximum Gasteiger partial charge on any atom is 0.161 e. The molecule has 86 valence electrons. The van der Waals surface area contributed by atoms with Crippen LogP contribution in [0.2, 0.25) is 0 Å². The molecule has 0 spiro atoms. The van der Waals surface area contributed by atoms with Crippen LogP contribution in [0, 0.1) is 9.49 Å². The summed E-state index contributed by atoms with van der Waals surface area (Å²) < 4.78 is 1.24. The van der Waals surface area contributed by atoms with Crippen LogP contribution in [0.5, 0.6) is 0 Å². The zero-order chi connectivity index (χ0) is 11.5. The normalized spacial score (nSPS) is 20.0. The van der Waals surface area contributed by atoms with Gasteiger partial charge in [-0.3, -0.25) is 4.99 Å². The highest BCUT2D eigenvalue weighted by molar-refractivity contribution is 14.1. The van der Waals surface area contributed by atoms with E-state index in [1.54, 1.807) is 0 Å². The van der Waals surface area contributed by atoms with Gasteiger partial charge in [0.05, 0.1) is 6.04 Å². The molecular weight excluding hydrogens is 331 g/mol. The largest absolute Gasteiger partial charge is 0.335 e. The molecule has 1 atom stereocenters. The molecule has 0 amide bonds. The lowest BCUT2D eigenvalue weighted by Gasteiger charge is -2.08.